The summed E-state index contributed by atoms with van der Waals surface area (Å²) in [6, 6.07) is 4.01. The number of rotatable bonds is 3. The third kappa shape index (κ3) is 3.18. The summed E-state index contributed by atoms with van der Waals surface area (Å²) < 4.78 is 1.02. The highest BCUT2D eigenvalue weighted by atomic mass is 79.9. The van der Waals surface area contributed by atoms with Gasteiger partial charge in [-0.15, -0.1) is 0 Å². The van der Waals surface area contributed by atoms with E-state index in [0.717, 1.165) is 22.8 Å². The first-order valence-corrected chi connectivity index (χ1v) is 6.07. The number of anilines is 1. The van der Waals surface area contributed by atoms with Gasteiger partial charge in [-0.05, 0) is 54.0 Å². The molecule has 1 fully saturated rings. The molecule has 1 aromatic rings. The number of pyridine rings is 1. The van der Waals surface area contributed by atoms with E-state index in [1.807, 2.05) is 18.3 Å². The Labute approximate surface area is 99.0 Å². The van der Waals surface area contributed by atoms with Gasteiger partial charge in [0.2, 0.25) is 0 Å². The fourth-order valence-electron chi connectivity index (χ4n) is 1.92. The van der Waals surface area contributed by atoms with E-state index in [4.69, 9.17) is 0 Å². The number of nitrogens with zero attached hydrogens (tertiary/aromatic N) is 2. The third-order valence-corrected chi connectivity index (χ3v) is 3.26. The molecule has 0 amide bonds. The van der Waals surface area contributed by atoms with E-state index in [0.29, 0.717) is 0 Å². The van der Waals surface area contributed by atoms with Crippen LogP contribution >= 0.6 is 15.9 Å². The average Bonchev–Trinajstić information content (AvgIpc) is 2.64. The van der Waals surface area contributed by atoms with Crippen molar-refractivity contribution < 1.29 is 0 Å². The van der Waals surface area contributed by atoms with E-state index in [-0.39, 0.29) is 0 Å². The topological polar surface area (TPSA) is 28.2 Å². The summed E-state index contributed by atoms with van der Waals surface area (Å²) in [5.41, 5.74) is 0. The monoisotopic (exact) mass is 269 g/mol. The lowest BCUT2D eigenvalue weighted by Gasteiger charge is -2.11. The molecule has 82 valence electrons. The van der Waals surface area contributed by atoms with Crippen LogP contribution in [0.2, 0.25) is 0 Å². The minimum atomic E-state index is 0.764. The molecule has 0 radical (unpaired) electrons. The van der Waals surface area contributed by atoms with E-state index < -0.39 is 0 Å². The van der Waals surface area contributed by atoms with Gasteiger partial charge in [0.05, 0.1) is 0 Å². The van der Waals surface area contributed by atoms with E-state index in [1.165, 1.54) is 19.5 Å². The van der Waals surface area contributed by atoms with E-state index in [9.17, 15) is 0 Å². The van der Waals surface area contributed by atoms with Crippen LogP contribution in [0.15, 0.2) is 22.8 Å². The number of likely N-dealkylation sites (tertiary alicyclic amines) is 1. The number of halogens is 1. The van der Waals surface area contributed by atoms with Gasteiger partial charge in [0.25, 0.3) is 0 Å². The van der Waals surface area contributed by atoms with Crippen molar-refractivity contribution in [3.8, 4) is 0 Å². The van der Waals surface area contributed by atoms with Gasteiger partial charge in [-0.1, -0.05) is 0 Å². The van der Waals surface area contributed by atoms with Crippen LogP contribution in [0.3, 0.4) is 0 Å². The lowest BCUT2D eigenvalue weighted by molar-refractivity contribution is 0.399. The Morgan fingerprint density at radius 3 is 3.07 bits per heavy atom. The second-order valence-electron chi connectivity index (χ2n) is 4.16. The Morgan fingerprint density at radius 1 is 1.60 bits per heavy atom. The van der Waals surface area contributed by atoms with Crippen molar-refractivity contribution in [1.29, 1.82) is 0 Å². The average molecular weight is 270 g/mol. The van der Waals surface area contributed by atoms with Gasteiger partial charge in [-0.2, -0.15) is 0 Å². The van der Waals surface area contributed by atoms with Gasteiger partial charge in [-0.3, -0.25) is 0 Å². The molecule has 1 aromatic heterocycles. The number of aromatic nitrogens is 1. The smallest absolute Gasteiger partial charge is 0.125 e. The molecule has 1 aliphatic rings. The zero-order valence-corrected chi connectivity index (χ0v) is 10.5. The third-order valence-electron chi connectivity index (χ3n) is 2.79. The summed E-state index contributed by atoms with van der Waals surface area (Å²) in [4.78, 5) is 6.66. The van der Waals surface area contributed by atoms with Crippen molar-refractivity contribution >= 4 is 21.7 Å². The van der Waals surface area contributed by atoms with Gasteiger partial charge < -0.3 is 10.2 Å². The maximum Gasteiger partial charge on any atom is 0.125 e. The highest BCUT2D eigenvalue weighted by molar-refractivity contribution is 9.10. The molecular weight excluding hydrogens is 254 g/mol. The van der Waals surface area contributed by atoms with E-state index in [1.54, 1.807) is 0 Å². The summed E-state index contributed by atoms with van der Waals surface area (Å²) in [7, 11) is 2.18. The Balaban J connectivity index is 1.80. The predicted octanol–water partition coefficient (Wildman–Crippen LogP) is 2.21. The summed E-state index contributed by atoms with van der Waals surface area (Å²) in [5.74, 6) is 1.73. The minimum absolute atomic E-state index is 0.764. The largest absolute Gasteiger partial charge is 0.370 e. The zero-order valence-electron chi connectivity index (χ0n) is 8.91. The Bertz CT molecular complexity index is 312. The first-order valence-electron chi connectivity index (χ1n) is 5.28. The predicted molar refractivity (Wildman–Crippen MR) is 66.0 cm³/mol. The molecule has 4 heteroatoms. The van der Waals surface area contributed by atoms with Crippen LogP contribution in [0.1, 0.15) is 6.42 Å². The van der Waals surface area contributed by atoms with Gasteiger partial charge in [0.15, 0.2) is 0 Å². The highest BCUT2D eigenvalue weighted by Crippen LogP contribution is 2.15. The standard InChI is InChI=1S/C11H16BrN3/c1-15-5-4-9(8-15)6-13-11-3-2-10(12)7-14-11/h2-3,7,9H,4-6,8H2,1H3,(H,13,14). The van der Waals surface area contributed by atoms with Gasteiger partial charge in [0, 0.05) is 23.8 Å². The Hall–Kier alpha value is -0.610. The van der Waals surface area contributed by atoms with Crippen LogP contribution < -0.4 is 5.32 Å². The zero-order chi connectivity index (χ0) is 10.7. The molecule has 2 rings (SSSR count). The van der Waals surface area contributed by atoms with Crippen LogP contribution in [0.25, 0.3) is 0 Å². The fraction of sp³-hybridized carbons (Fsp3) is 0.545. The molecule has 1 atom stereocenters. The summed E-state index contributed by atoms with van der Waals surface area (Å²) in [6.07, 6.45) is 3.11. The maximum absolute atomic E-state index is 4.29. The van der Waals surface area contributed by atoms with Gasteiger partial charge in [-0.25, -0.2) is 4.98 Å². The normalized spacial score (nSPS) is 21.9. The molecule has 0 aromatic carbocycles. The second kappa shape index (κ2) is 4.94. The van der Waals surface area contributed by atoms with Crippen molar-refractivity contribution in [3.63, 3.8) is 0 Å². The SMILES string of the molecule is CN1CCC(CNc2ccc(Br)cn2)C1. The lowest BCUT2D eigenvalue weighted by Crippen LogP contribution is -2.19. The molecule has 1 N–H and O–H groups in total. The van der Waals surface area contributed by atoms with Crippen LogP contribution in [-0.4, -0.2) is 36.6 Å². The van der Waals surface area contributed by atoms with Crippen molar-refractivity contribution in [2.24, 2.45) is 5.92 Å². The van der Waals surface area contributed by atoms with Gasteiger partial charge in [0.1, 0.15) is 5.82 Å². The van der Waals surface area contributed by atoms with Crippen LogP contribution in [0.5, 0.6) is 0 Å². The molecule has 0 aliphatic carbocycles. The highest BCUT2D eigenvalue weighted by Gasteiger charge is 2.18. The fourth-order valence-corrected chi connectivity index (χ4v) is 2.16. The Kier molecular flexibility index (Phi) is 3.59. The molecule has 1 unspecified atom stereocenters. The second-order valence-corrected chi connectivity index (χ2v) is 5.08. The molecule has 0 spiro atoms. The van der Waals surface area contributed by atoms with Crippen LogP contribution in [-0.2, 0) is 0 Å². The summed E-state index contributed by atoms with van der Waals surface area (Å²) in [5, 5.41) is 3.38. The molecule has 0 saturated carbocycles. The van der Waals surface area contributed by atoms with Crippen molar-refractivity contribution in [1.82, 2.24) is 9.88 Å². The maximum atomic E-state index is 4.29. The van der Waals surface area contributed by atoms with Crippen molar-refractivity contribution in [2.75, 3.05) is 32.0 Å². The van der Waals surface area contributed by atoms with E-state index in [2.05, 4.69) is 38.2 Å². The first kappa shape index (κ1) is 10.9. The molecular formula is C11H16BrN3. The number of hydrogen-bond donors (Lipinski definition) is 1. The molecule has 15 heavy (non-hydrogen) atoms. The molecule has 2 heterocycles. The Morgan fingerprint density at radius 2 is 2.47 bits per heavy atom. The van der Waals surface area contributed by atoms with Crippen LogP contribution in [0.4, 0.5) is 5.82 Å². The van der Waals surface area contributed by atoms with Crippen molar-refractivity contribution in [3.05, 3.63) is 22.8 Å². The number of hydrogen-bond acceptors (Lipinski definition) is 3. The van der Waals surface area contributed by atoms with Crippen LogP contribution in [0, 0.1) is 5.92 Å². The summed E-state index contributed by atoms with van der Waals surface area (Å²) >= 11 is 3.37. The first-order chi connectivity index (χ1) is 7.24. The molecule has 1 saturated heterocycles. The quantitative estimate of drug-likeness (QED) is 0.912. The number of nitrogens with one attached hydrogen (secondary N) is 1. The van der Waals surface area contributed by atoms with Gasteiger partial charge >= 0.3 is 0 Å². The molecule has 0 bridgehead atoms. The molecule has 1 aliphatic heterocycles. The van der Waals surface area contributed by atoms with E-state index >= 15 is 0 Å². The van der Waals surface area contributed by atoms with Crippen molar-refractivity contribution in [2.45, 2.75) is 6.42 Å². The minimum Gasteiger partial charge on any atom is -0.370 e. The lowest BCUT2D eigenvalue weighted by atomic mass is 10.1. The summed E-state index contributed by atoms with van der Waals surface area (Å²) in [6.45, 7) is 3.45. The molecule has 3 nitrogen and oxygen atoms in total.